The molecule has 12 rings (SSSR count). The molecule has 0 fully saturated rings. The summed E-state index contributed by atoms with van der Waals surface area (Å²) in [5.74, 6) is 0. The second-order valence-electron chi connectivity index (χ2n) is 16.8. The van der Waals surface area contributed by atoms with E-state index in [0.717, 1.165) is 17.1 Å². The van der Waals surface area contributed by atoms with E-state index in [1.165, 1.54) is 87.5 Å². The van der Waals surface area contributed by atoms with Crippen molar-refractivity contribution in [2.75, 3.05) is 4.90 Å². The molecule has 0 aromatic heterocycles. The molecule has 0 atom stereocenters. The molecule has 1 spiro atoms. The Balaban J connectivity index is 1.07. The van der Waals surface area contributed by atoms with Crippen LogP contribution in [0.25, 0.3) is 55.6 Å². The van der Waals surface area contributed by atoms with Gasteiger partial charge < -0.3 is 4.90 Å². The molecule has 0 unspecified atom stereocenters. The highest BCUT2D eigenvalue weighted by Crippen LogP contribution is 2.51. The van der Waals surface area contributed by atoms with Gasteiger partial charge in [-0.1, -0.05) is 196 Å². The number of hydrogen-bond acceptors (Lipinski definition) is 1. The molecule has 0 radical (unpaired) electrons. The summed E-state index contributed by atoms with van der Waals surface area (Å²) in [5, 5.41) is 5.98. The number of hydrogen-bond donors (Lipinski definition) is 0. The molecule has 3 aliphatic rings. The van der Waals surface area contributed by atoms with Crippen LogP contribution in [0.1, 0.15) is 25.0 Å². The number of benzene rings is 9. The SMILES string of the molecule is CC1(C)c2ccccc2-c2ccc(N(c3ccc(-c4ccccc4)cc3)c3ccccc3-c3ccc4c(c3)[Si]3(c5ccccc5-c5ccccc53)c3ccccc3-4)cc21. The highest BCUT2D eigenvalue weighted by atomic mass is 28.3. The summed E-state index contributed by atoms with van der Waals surface area (Å²) >= 11 is 0. The van der Waals surface area contributed by atoms with Gasteiger partial charge in [0.15, 0.2) is 8.07 Å². The van der Waals surface area contributed by atoms with E-state index in [-0.39, 0.29) is 5.41 Å². The lowest BCUT2D eigenvalue weighted by Gasteiger charge is -2.30. The second-order valence-corrected chi connectivity index (χ2v) is 20.5. The number of fused-ring (bicyclic) bond motifs is 13. The minimum atomic E-state index is -2.60. The molecule has 0 N–H and O–H groups in total. The van der Waals surface area contributed by atoms with Gasteiger partial charge in [0.1, 0.15) is 0 Å². The van der Waals surface area contributed by atoms with Gasteiger partial charge in [-0.2, -0.15) is 0 Å². The van der Waals surface area contributed by atoms with Crippen LogP contribution in [0.15, 0.2) is 212 Å². The fourth-order valence-corrected chi connectivity index (χ4v) is 16.5. The first-order valence-electron chi connectivity index (χ1n) is 20.8. The minimum Gasteiger partial charge on any atom is -0.310 e. The fraction of sp³-hybridized carbons (Fsp3) is 0.0526. The van der Waals surface area contributed by atoms with E-state index in [0.29, 0.717) is 0 Å². The third kappa shape index (κ3) is 4.78. The van der Waals surface area contributed by atoms with Crippen molar-refractivity contribution in [3.05, 3.63) is 223 Å². The third-order valence-corrected chi connectivity index (χ3v) is 18.5. The van der Waals surface area contributed by atoms with Crippen LogP contribution < -0.4 is 25.6 Å². The summed E-state index contributed by atoms with van der Waals surface area (Å²) in [6.07, 6.45) is 0. The predicted molar refractivity (Wildman–Crippen MR) is 251 cm³/mol. The van der Waals surface area contributed by atoms with E-state index < -0.39 is 8.07 Å². The first-order chi connectivity index (χ1) is 29.0. The van der Waals surface area contributed by atoms with Crippen LogP contribution in [-0.4, -0.2) is 8.07 Å². The molecule has 0 amide bonds. The Kier molecular flexibility index (Phi) is 7.36. The molecule has 0 saturated heterocycles. The molecule has 2 heterocycles. The maximum absolute atomic E-state index is 2.60. The molecule has 9 aromatic rings. The van der Waals surface area contributed by atoms with Crippen molar-refractivity contribution in [2.24, 2.45) is 0 Å². The molecule has 59 heavy (non-hydrogen) atoms. The topological polar surface area (TPSA) is 3.24 Å². The van der Waals surface area contributed by atoms with Gasteiger partial charge in [0.25, 0.3) is 0 Å². The highest BCUT2D eigenvalue weighted by molar-refractivity contribution is 7.24. The molecular formula is C57H41NSi. The van der Waals surface area contributed by atoms with Crippen LogP contribution in [0.3, 0.4) is 0 Å². The zero-order valence-electron chi connectivity index (χ0n) is 33.2. The van der Waals surface area contributed by atoms with Crippen LogP contribution >= 0.6 is 0 Å². The Labute approximate surface area is 347 Å². The van der Waals surface area contributed by atoms with E-state index in [4.69, 9.17) is 0 Å². The van der Waals surface area contributed by atoms with E-state index in [1.54, 1.807) is 0 Å². The first kappa shape index (κ1) is 34.1. The van der Waals surface area contributed by atoms with Crippen LogP contribution in [-0.2, 0) is 5.41 Å². The Hall–Kier alpha value is -7.00. The van der Waals surface area contributed by atoms with E-state index >= 15 is 0 Å². The van der Waals surface area contributed by atoms with Gasteiger partial charge in [-0.3, -0.25) is 0 Å². The molecule has 0 bridgehead atoms. The fourth-order valence-electron chi connectivity index (χ4n) is 10.9. The summed E-state index contributed by atoms with van der Waals surface area (Å²) < 4.78 is 0. The van der Waals surface area contributed by atoms with Crippen molar-refractivity contribution in [3.8, 4) is 55.6 Å². The summed E-state index contributed by atoms with van der Waals surface area (Å²) in [7, 11) is -2.60. The summed E-state index contributed by atoms with van der Waals surface area (Å²) in [5.41, 5.74) is 19.1. The van der Waals surface area contributed by atoms with Crippen LogP contribution in [0.5, 0.6) is 0 Å². The molecular weight excluding hydrogens is 727 g/mol. The lowest BCUT2D eigenvalue weighted by atomic mass is 9.82. The lowest BCUT2D eigenvalue weighted by Crippen LogP contribution is -2.70. The molecule has 9 aromatic carbocycles. The van der Waals surface area contributed by atoms with Crippen molar-refractivity contribution in [1.29, 1.82) is 0 Å². The molecule has 2 heteroatoms. The predicted octanol–water partition coefficient (Wildman–Crippen LogP) is 12.1. The summed E-state index contributed by atoms with van der Waals surface area (Å²) in [6.45, 7) is 4.74. The maximum Gasteiger partial charge on any atom is 0.182 e. The Bertz CT molecular complexity index is 3080. The molecule has 2 aliphatic heterocycles. The zero-order chi connectivity index (χ0) is 39.3. The van der Waals surface area contributed by atoms with Crippen LogP contribution in [0.4, 0.5) is 17.1 Å². The standard InChI is InChI=1S/C57H41NSi/c1-57(2)50-23-11-6-19-44(50)45-35-33-42(37-51(45)57)58(41-31-28-39(29-32-41)38-16-4-3-5-17-38)52-24-12-7-18-43(52)40-30-34-49-48-22-10-15-27-55(48)59(56(49)36-40)53-25-13-8-20-46(53)47-21-9-14-26-54(47)59/h3-37H,1-2H3. The molecule has 0 saturated carbocycles. The van der Waals surface area contributed by atoms with Gasteiger partial charge in [0.2, 0.25) is 0 Å². The van der Waals surface area contributed by atoms with Gasteiger partial charge in [0, 0.05) is 22.4 Å². The van der Waals surface area contributed by atoms with Crippen molar-refractivity contribution >= 4 is 45.9 Å². The number of rotatable bonds is 5. The van der Waals surface area contributed by atoms with E-state index in [2.05, 4.69) is 231 Å². The Morgan fingerprint density at radius 2 is 0.780 bits per heavy atom. The number of anilines is 3. The maximum atomic E-state index is 2.57. The van der Waals surface area contributed by atoms with Gasteiger partial charge in [-0.25, -0.2) is 0 Å². The average molecular weight is 768 g/mol. The van der Waals surface area contributed by atoms with Gasteiger partial charge in [-0.05, 0) is 112 Å². The number of nitrogens with zero attached hydrogens (tertiary/aromatic N) is 1. The van der Waals surface area contributed by atoms with E-state index in [9.17, 15) is 0 Å². The quantitative estimate of drug-likeness (QED) is 0.158. The second kappa shape index (κ2) is 12.7. The van der Waals surface area contributed by atoms with Crippen LogP contribution in [0, 0.1) is 0 Å². The Morgan fingerprint density at radius 1 is 0.322 bits per heavy atom. The van der Waals surface area contributed by atoms with Crippen molar-refractivity contribution < 1.29 is 0 Å². The molecule has 278 valence electrons. The third-order valence-electron chi connectivity index (χ3n) is 13.5. The van der Waals surface area contributed by atoms with Gasteiger partial charge in [0.05, 0.1) is 5.69 Å². The largest absolute Gasteiger partial charge is 0.310 e. The first-order valence-corrected chi connectivity index (χ1v) is 22.8. The summed E-state index contributed by atoms with van der Waals surface area (Å²) in [6, 6.07) is 79.9. The van der Waals surface area contributed by atoms with Gasteiger partial charge >= 0.3 is 0 Å². The van der Waals surface area contributed by atoms with Crippen LogP contribution in [0.2, 0.25) is 0 Å². The zero-order valence-corrected chi connectivity index (χ0v) is 34.2. The normalized spacial score (nSPS) is 14.2. The monoisotopic (exact) mass is 767 g/mol. The van der Waals surface area contributed by atoms with Crippen molar-refractivity contribution in [2.45, 2.75) is 19.3 Å². The average Bonchev–Trinajstić information content (AvgIpc) is 3.85. The van der Waals surface area contributed by atoms with E-state index in [1.807, 2.05) is 0 Å². The minimum absolute atomic E-state index is 0.119. The summed E-state index contributed by atoms with van der Waals surface area (Å²) in [4.78, 5) is 2.48. The van der Waals surface area contributed by atoms with Crippen molar-refractivity contribution in [1.82, 2.24) is 0 Å². The van der Waals surface area contributed by atoms with Crippen molar-refractivity contribution in [3.63, 3.8) is 0 Å². The molecule has 1 nitrogen and oxygen atoms in total. The molecule has 1 aliphatic carbocycles. The lowest BCUT2D eigenvalue weighted by molar-refractivity contribution is 0.660. The smallest absolute Gasteiger partial charge is 0.182 e. The highest BCUT2D eigenvalue weighted by Gasteiger charge is 2.53. The number of para-hydroxylation sites is 1. The van der Waals surface area contributed by atoms with Gasteiger partial charge in [-0.15, -0.1) is 0 Å². The Morgan fingerprint density at radius 3 is 1.44 bits per heavy atom.